The fraction of sp³-hybridized carbons (Fsp3) is 0.296. The summed E-state index contributed by atoms with van der Waals surface area (Å²) in [6.45, 7) is 5.85. The molecule has 1 N–H and O–H groups in total. The summed E-state index contributed by atoms with van der Waals surface area (Å²) in [7, 11) is 3.06. The van der Waals surface area contributed by atoms with Crippen molar-refractivity contribution < 1.29 is 28.8 Å². The van der Waals surface area contributed by atoms with Crippen LogP contribution in [-0.4, -0.2) is 43.1 Å². The van der Waals surface area contributed by atoms with Gasteiger partial charge in [-0.05, 0) is 62.2 Å². The van der Waals surface area contributed by atoms with Crippen molar-refractivity contribution >= 4 is 23.4 Å². The number of rotatable bonds is 8. The number of hydrogen-bond acceptors (Lipinski definition) is 9. The summed E-state index contributed by atoms with van der Waals surface area (Å²) in [6.07, 6.45) is 1.71. The molecule has 37 heavy (non-hydrogen) atoms. The second kappa shape index (κ2) is 10.9. The Morgan fingerprint density at radius 2 is 1.84 bits per heavy atom. The van der Waals surface area contributed by atoms with E-state index in [9.17, 15) is 14.7 Å². The molecule has 0 radical (unpaired) electrons. The molecule has 10 heteroatoms. The number of thiazole rings is 1. The average molecular weight is 525 g/mol. The van der Waals surface area contributed by atoms with Crippen molar-refractivity contribution in [2.75, 3.05) is 27.4 Å². The van der Waals surface area contributed by atoms with Crippen molar-refractivity contribution in [1.82, 2.24) is 4.57 Å². The lowest BCUT2D eigenvalue weighted by Crippen LogP contribution is -2.39. The molecule has 1 aliphatic rings. The van der Waals surface area contributed by atoms with Gasteiger partial charge in [-0.2, -0.15) is 0 Å². The van der Waals surface area contributed by atoms with Gasteiger partial charge in [0, 0.05) is 0 Å². The highest BCUT2D eigenvalue weighted by Crippen LogP contribution is 2.36. The third-order valence-electron chi connectivity index (χ3n) is 5.82. The molecule has 194 valence electrons. The first-order valence-corrected chi connectivity index (χ1v) is 12.5. The molecule has 9 nitrogen and oxygen atoms in total. The molecule has 0 fully saturated rings. The molecule has 4 rings (SSSR count). The standard InChI is InChI=1S/C27H28N2O7S/c1-6-35-20-12-16(8-10-18(20)30)13-22-25(31)29-24(17-9-11-19(33-4)21(14-17)34-5)23(26(32)36-7-2)15(3)28-27(29)37-22/h8-14,24,30H,6-7H2,1-5H3/b22-13+. The maximum absolute atomic E-state index is 13.8. The number of benzene rings is 2. The van der Waals surface area contributed by atoms with Crippen LogP contribution >= 0.6 is 11.3 Å². The van der Waals surface area contributed by atoms with Crippen molar-refractivity contribution in [3.63, 3.8) is 0 Å². The lowest BCUT2D eigenvalue weighted by atomic mass is 9.95. The smallest absolute Gasteiger partial charge is 0.338 e. The largest absolute Gasteiger partial charge is 0.504 e. The SMILES string of the molecule is CCOC(=O)C1=C(C)N=c2s/c(=C/c3ccc(O)c(OCC)c3)c(=O)n2C1c1ccc(OC)c(OC)c1. The van der Waals surface area contributed by atoms with Gasteiger partial charge in [0.2, 0.25) is 0 Å². The van der Waals surface area contributed by atoms with Gasteiger partial charge in [-0.3, -0.25) is 9.36 Å². The number of ether oxygens (including phenoxy) is 4. The van der Waals surface area contributed by atoms with E-state index in [1.54, 1.807) is 50.3 Å². The topological polar surface area (TPSA) is 109 Å². The summed E-state index contributed by atoms with van der Waals surface area (Å²) in [5, 5.41) is 10.0. The van der Waals surface area contributed by atoms with Crippen molar-refractivity contribution in [2.45, 2.75) is 26.8 Å². The molecule has 0 amide bonds. The van der Waals surface area contributed by atoms with E-state index in [1.165, 1.54) is 36.2 Å². The Balaban J connectivity index is 1.94. The van der Waals surface area contributed by atoms with Crippen LogP contribution in [0.3, 0.4) is 0 Å². The Bertz CT molecular complexity index is 1550. The second-order valence-corrected chi connectivity index (χ2v) is 9.09. The van der Waals surface area contributed by atoms with Gasteiger partial charge in [0.15, 0.2) is 27.8 Å². The van der Waals surface area contributed by atoms with Crippen molar-refractivity contribution in [2.24, 2.45) is 4.99 Å². The van der Waals surface area contributed by atoms with Crippen LogP contribution in [-0.2, 0) is 9.53 Å². The van der Waals surface area contributed by atoms with Crippen LogP contribution in [0.15, 0.2) is 57.5 Å². The first kappa shape index (κ1) is 26.0. The predicted molar refractivity (Wildman–Crippen MR) is 139 cm³/mol. The third kappa shape index (κ3) is 4.97. The summed E-state index contributed by atoms with van der Waals surface area (Å²) in [4.78, 5) is 31.9. The minimum atomic E-state index is -0.781. The third-order valence-corrected chi connectivity index (χ3v) is 6.80. The maximum Gasteiger partial charge on any atom is 0.338 e. The highest BCUT2D eigenvalue weighted by atomic mass is 32.1. The minimum absolute atomic E-state index is 0.0172. The highest BCUT2D eigenvalue weighted by molar-refractivity contribution is 7.07. The number of nitrogens with zero attached hydrogens (tertiary/aromatic N) is 2. The highest BCUT2D eigenvalue weighted by Gasteiger charge is 2.33. The van der Waals surface area contributed by atoms with E-state index in [0.717, 1.165) is 0 Å². The average Bonchev–Trinajstić information content (AvgIpc) is 3.19. The van der Waals surface area contributed by atoms with E-state index in [0.29, 0.717) is 50.0 Å². The number of phenols is 1. The Kier molecular flexibility index (Phi) is 7.68. The van der Waals surface area contributed by atoms with E-state index in [4.69, 9.17) is 18.9 Å². The number of carbonyl (C=O) groups is 1. The zero-order chi connectivity index (χ0) is 26.7. The molecule has 1 atom stereocenters. The van der Waals surface area contributed by atoms with Gasteiger partial charge in [0.1, 0.15) is 0 Å². The zero-order valence-electron chi connectivity index (χ0n) is 21.2. The Morgan fingerprint density at radius 1 is 1.08 bits per heavy atom. The Labute approximate surface area is 217 Å². The van der Waals surface area contributed by atoms with E-state index < -0.39 is 12.0 Å². The summed E-state index contributed by atoms with van der Waals surface area (Å²) in [5.74, 6) is 0.788. The van der Waals surface area contributed by atoms with Crippen molar-refractivity contribution in [3.8, 4) is 23.0 Å². The quantitative estimate of drug-likeness (QED) is 0.452. The molecule has 3 aromatic rings. The van der Waals surface area contributed by atoms with Gasteiger partial charge in [-0.1, -0.05) is 23.5 Å². The van der Waals surface area contributed by atoms with Gasteiger partial charge >= 0.3 is 5.97 Å². The fourth-order valence-corrected chi connectivity index (χ4v) is 5.22. The first-order valence-electron chi connectivity index (χ1n) is 11.7. The number of aromatic hydroxyl groups is 1. The molecule has 1 aliphatic heterocycles. The van der Waals surface area contributed by atoms with Crippen LogP contribution < -0.4 is 29.1 Å². The maximum atomic E-state index is 13.8. The van der Waals surface area contributed by atoms with Gasteiger partial charge in [-0.25, -0.2) is 9.79 Å². The number of carbonyl (C=O) groups excluding carboxylic acids is 1. The number of esters is 1. The van der Waals surface area contributed by atoms with E-state index in [2.05, 4.69) is 4.99 Å². The summed E-state index contributed by atoms with van der Waals surface area (Å²) in [5.41, 5.74) is 1.75. The predicted octanol–water partition coefficient (Wildman–Crippen LogP) is 2.92. The molecule has 0 aliphatic carbocycles. The van der Waals surface area contributed by atoms with Gasteiger partial charge in [0.25, 0.3) is 5.56 Å². The molecule has 2 aromatic carbocycles. The lowest BCUT2D eigenvalue weighted by Gasteiger charge is -2.25. The molecular weight excluding hydrogens is 496 g/mol. The molecule has 0 saturated heterocycles. The summed E-state index contributed by atoms with van der Waals surface area (Å²) >= 11 is 1.21. The van der Waals surface area contributed by atoms with Crippen LogP contribution in [0.25, 0.3) is 6.08 Å². The van der Waals surface area contributed by atoms with Crippen LogP contribution in [0.1, 0.15) is 37.9 Å². The lowest BCUT2D eigenvalue weighted by molar-refractivity contribution is -0.139. The Hall–Kier alpha value is -4.05. The summed E-state index contributed by atoms with van der Waals surface area (Å²) in [6, 6.07) is 9.35. The van der Waals surface area contributed by atoms with Crippen LogP contribution in [0.2, 0.25) is 0 Å². The molecule has 0 spiro atoms. The van der Waals surface area contributed by atoms with Crippen LogP contribution in [0.4, 0.5) is 0 Å². The van der Waals surface area contributed by atoms with Crippen molar-refractivity contribution in [1.29, 1.82) is 0 Å². The minimum Gasteiger partial charge on any atom is -0.504 e. The van der Waals surface area contributed by atoms with Gasteiger partial charge < -0.3 is 24.1 Å². The number of hydrogen-bond donors (Lipinski definition) is 1. The van der Waals surface area contributed by atoms with Gasteiger partial charge in [0.05, 0.1) is 49.3 Å². The number of phenolic OH excluding ortho intramolecular Hbond substituents is 1. The first-order chi connectivity index (χ1) is 17.8. The summed E-state index contributed by atoms with van der Waals surface area (Å²) < 4.78 is 23.6. The zero-order valence-corrected chi connectivity index (χ0v) is 22.0. The molecule has 0 saturated carbocycles. The number of allylic oxidation sites excluding steroid dienone is 1. The van der Waals surface area contributed by atoms with Gasteiger partial charge in [-0.15, -0.1) is 0 Å². The normalized spacial score (nSPS) is 15.2. The molecule has 1 unspecified atom stereocenters. The Morgan fingerprint density at radius 3 is 2.51 bits per heavy atom. The fourth-order valence-electron chi connectivity index (χ4n) is 4.17. The number of aromatic nitrogens is 1. The van der Waals surface area contributed by atoms with E-state index >= 15 is 0 Å². The van der Waals surface area contributed by atoms with E-state index in [1.807, 2.05) is 6.92 Å². The van der Waals surface area contributed by atoms with Crippen LogP contribution in [0.5, 0.6) is 23.0 Å². The number of methoxy groups -OCH3 is 2. The number of fused-ring (bicyclic) bond motifs is 1. The molecule has 2 heterocycles. The van der Waals surface area contributed by atoms with E-state index in [-0.39, 0.29) is 23.5 Å². The van der Waals surface area contributed by atoms with Crippen molar-refractivity contribution in [3.05, 3.63) is 78.5 Å². The monoisotopic (exact) mass is 524 g/mol. The second-order valence-electron chi connectivity index (χ2n) is 8.08. The van der Waals surface area contributed by atoms with Crippen LogP contribution in [0, 0.1) is 0 Å². The molecule has 0 bridgehead atoms. The molecule has 1 aromatic heterocycles. The molecular formula is C27H28N2O7S.